The molecular formula is C16H15N3OS. The van der Waals surface area contributed by atoms with Gasteiger partial charge in [-0.15, -0.1) is 0 Å². The fourth-order valence-corrected chi connectivity index (χ4v) is 1.85. The molecular weight excluding hydrogens is 282 g/mol. The second-order valence-electron chi connectivity index (χ2n) is 4.41. The second kappa shape index (κ2) is 7.31. The first-order valence-electron chi connectivity index (χ1n) is 6.41. The van der Waals surface area contributed by atoms with Gasteiger partial charge in [0.15, 0.2) is 5.11 Å². The molecule has 0 saturated heterocycles. The maximum absolute atomic E-state index is 11.7. The van der Waals surface area contributed by atoms with Crippen LogP contribution in [-0.4, -0.2) is 16.0 Å². The molecule has 0 aliphatic rings. The molecule has 1 aromatic heterocycles. The molecule has 0 unspecified atom stereocenters. The highest BCUT2D eigenvalue weighted by Gasteiger charge is 2.02. The van der Waals surface area contributed by atoms with Gasteiger partial charge in [-0.05, 0) is 48.5 Å². The molecule has 2 N–H and O–H groups in total. The average Bonchev–Trinajstić information content (AvgIpc) is 2.46. The van der Waals surface area contributed by atoms with E-state index in [1.807, 2.05) is 49.4 Å². The van der Waals surface area contributed by atoms with Crippen LogP contribution in [-0.2, 0) is 4.79 Å². The lowest BCUT2D eigenvalue weighted by Crippen LogP contribution is -2.33. The quantitative estimate of drug-likeness (QED) is 0.675. The maximum Gasteiger partial charge on any atom is 0.250 e. The van der Waals surface area contributed by atoms with Crippen LogP contribution in [0.5, 0.6) is 0 Å². The number of anilines is 1. The van der Waals surface area contributed by atoms with Crippen molar-refractivity contribution >= 4 is 35.1 Å². The molecule has 1 heterocycles. The van der Waals surface area contributed by atoms with Crippen LogP contribution in [0, 0.1) is 6.92 Å². The molecule has 4 nitrogen and oxygen atoms in total. The largest absolute Gasteiger partial charge is 0.317 e. The smallest absolute Gasteiger partial charge is 0.250 e. The third-order valence-electron chi connectivity index (χ3n) is 2.62. The number of thiocarbonyl (C=S) groups is 1. The van der Waals surface area contributed by atoms with Crippen LogP contribution in [0.4, 0.5) is 5.82 Å². The van der Waals surface area contributed by atoms with E-state index in [9.17, 15) is 4.79 Å². The molecule has 0 atom stereocenters. The summed E-state index contributed by atoms with van der Waals surface area (Å²) in [6.07, 6.45) is 4.84. The molecule has 1 amide bonds. The number of hydrogen-bond donors (Lipinski definition) is 2. The van der Waals surface area contributed by atoms with Crippen molar-refractivity contribution in [2.75, 3.05) is 5.32 Å². The van der Waals surface area contributed by atoms with Gasteiger partial charge >= 0.3 is 0 Å². The van der Waals surface area contributed by atoms with Crippen LogP contribution in [0.3, 0.4) is 0 Å². The van der Waals surface area contributed by atoms with Crippen LogP contribution in [0.15, 0.2) is 54.7 Å². The molecule has 0 radical (unpaired) electrons. The zero-order valence-corrected chi connectivity index (χ0v) is 12.4. The number of aryl methyl sites for hydroxylation is 1. The number of pyridine rings is 1. The Hall–Kier alpha value is -2.53. The van der Waals surface area contributed by atoms with Crippen LogP contribution in [0.25, 0.3) is 6.08 Å². The Bertz CT molecular complexity index is 668. The minimum absolute atomic E-state index is 0.218. The molecule has 0 bridgehead atoms. The summed E-state index contributed by atoms with van der Waals surface area (Å²) in [6.45, 7) is 1.96. The maximum atomic E-state index is 11.7. The number of hydrogen-bond acceptors (Lipinski definition) is 3. The van der Waals surface area contributed by atoms with E-state index in [1.54, 1.807) is 12.3 Å². The Labute approximate surface area is 128 Å². The van der Waals surface area contributed by atoms with Gasteiger partial charge in [-0.2, -0.15) is 0 Å². The van der Waals surface area contributed by atoms with E-state index < -0.39 is 0 Å². The molecule has 0 fully saturated rings. The summed E-state index contributed by atoms with van der Waals surface area (Å²) in [6, 6.07) is 13.3. The van der Waals surface area contributed by atoms with Gasteiger partial charge in [0.25, 0.3) is 0 Å². The SMILES string of the molecule is Cc1ccnc(NC(=S)NC(=O)/C=C/c2ccccc2)c1. The number of benzene rings is 1. The molecule has 1 aromatic carbocycles. The highest BCUT2D eigenvalue weighted by atomic mass is 32.1. The Morgan fingerprint density at radius 3 is 2.71 bits per heavy atom. The van der Waals surface area contributed by atoms with Crippen molar-refractivity contribution < 1.29 is 4.79 Å². The molecule has 0 aliphatic heterocycles. The summed E-state index contributed by atoms with van der Waals surface area (Å²) in [5.74, 6) is 0.316. The summed E-state index contributed by atoms with van der Waals surface area (Å²) in [4.78, 5) is 15.9. The molecule has 0 spiro atoms. The van der Waals surface area contributed by atoms with Crippen molar-refractivity contribution in [2.24, 2.45) is 0 Å². The van der Waals surface area contributed by atoms with Crippen molar-refractivity contribution in [3.8, 4) is 0 Å². The Balaban J connectivity index is 1.88. The Morgan fingerprint density at radius 2 is 2.00 bits per heavy atom. The zero-order chi connectivity index (χ0) is 15.1. The van der Waals surface area contributed by atoms with Crippen LogP contribution in [0.1, 0.15) is 11.1 Å². The predicted octanol–water partition coefficient (Wildman–Crippen LogP) is 2.92. The van der Waals surface area contributed by atoms with E-state index in [2.05, 4.69) is 15.6 Å². The average molecular weight is 297 g/mol. The van der Waals surface area contributed by atoms with Crippen molar-refractivity contribution in [1.29, 1.82) is 0 Å². The fraction of sp³-hybridized carbons (Fsp3) is 0.0625. The normalized spacial score (nSPS) is 10.3. The Morgan fingerprint density at radius 1 is 1.24 bits per heavy atom. The topological polar surface area (TPSA) is 54.0 Å². The van der Waals surface area contributed by atoms with Gasteiger partial charge in [-0.3, -0.25) is 10.1 Å². The zero-order valence-electron chi connectivity index (χ0n) is 11.5. The number of carbonyl (C=O) groups is 1. The molecule has 0 aliphatic carbocycles. The second-order valence-corrected chi connectivity index (χ2v) is 4.81. The molecule has 2 rings (SSSR count). The summed E-state index contributed by atoms with van der Waals surface area (Å²) in [7, 11) is 0. The summed E-state index contributed by atoms with van der Waals surface area (Å²) in [5, 5.41) is 5.66. The van der Waals surface area contributed by atoms with Crippen LogP contribution in [0.2, 0.25) is 0 Å². The first kappa shape index (κ1) is 14.9. The van der Waals surface area contributed by atoms with Gasteiger partial charge in [-0.1, -0.05) is 30.3 Å². The van der Waals surface area contributed by atoms with Crippen LogP contribution >= 0.6 is 12.2 Å². The van der Waals surface area contributed by atoms with Crippen molar-refractivity contribution in [3.63, 3.8) is 0 Å². The molecule has 21 heavy (non-hydrogen) atoms. The minimum atomic E-state index is -0.288. The first-order valence-corrected chi connectivity index (χ1v) is 6.82. The number of aromatic nitrogens is 1. The van der Waals surface area contributed by atoms with Gasteiger partial charge < -0.3 is 5.32 Å². The van der Waals surface area contributed by atoms with Crippen molar-refractivity contribution in [3.05, 3.63) is 65.9 Å². The van der Waals surface area contributed by atoms with E-state index in [0.29, 0.717) is 5.82 Å². The molecule has 106 valence electrons. The van der Waals surface area contributed by atoms with Gasteiger partial charge in [0.1, 0.15) is 5.82 Å². The Kier molecular flexibility index (Phi) is 5.17. The van der Waals surface area contributed by atoms with E-state index in [1.165, 1.54) is 6.08 Å². The lowest BCUT2D eigenvalue weighted by Gasteiger charge is -2.07. The van der Waals surface area contributed by atoms with Crippen molar-refractivity contribution in [2.45, 2.75) is 6.92 Å². The van der Waals surface area contributed by atoms with E-state index >= 15 is 0 Å². The molecule has 2 aromatic rings. The first-order chi connectivity index (χ1) is 10.1. The van der Waals surface area contributed by atoms with Gasteiger partial charge in [0.05, 0.1) is 0 Å². The third-order valence-corrected chi connectivity index (χ3v) is 2.82. The lowest BCUT2D eigenvalue weighted by molar-refractivity contribution is -0.115. The van der Waals surface area contributed by atoms with E-state index in [0.717, 1.165) is 11.1 Å². The number of rotatable bonds is 3. The molecule has 0 saturated carbocycles. The highest BCUT2D eigenvalue weighted by Crippen LogP contribution is 2.05. The highest BCUT2D eigenvalue weighted by molar-refractivity contribution is 7.80. The van der Waals surface area contributed by atoms with Gasteiger partial charge in [-0.25, -0.2) is 4.98 Å². The number of amides is 1. The number of nitrogens with one attached hydrogen (secondary N) is 2. The lowest BCUT2D eigenvalue weighted by atomic mass is 10.2. The van der Waals surface area contributed by atoms with Gasteiger partial charge in [0.2, 0.25) is 5.91 Å². The van der Waals surface area contributed by atoms with E-state index in [4.69, 9.17) is 12.2 Å². The summed E-state index contributed by atoms with van der Waals surface area (Å²) >= 11 is 5.07. The van der Waals surface area contributed by atoms with E-state index in [-0.39, 0.29) is 11.0 Å². The summed E-state index contributed by atoms with van der Waals surface area (Å²) in [5.41, 5.74) is 2.01. The van der Waals surface area contributed by atoms with Gasteiger partial charge in [0, 0.05) is 12.3 Å². The molecule has 5 heteroatoms. The number of carbonyl (C=O) groups excluding carboxylic acids is 1. The minimum Gasteiger partial charge on any atom is -0.317 e. The monoisotopic (exact) mass is 297 g/mol. The van der Waals surface area contributed by atoms with Crippen LogP contribution < -0.4 is 10.6 Å². The third kappa shape index (κ3) is 5.16. The number of nitrogens with zero attached hydrogens (tertiary/aromatic N) is 1. The standard InChI is InChI=1S/C16H15N3OS/c1-12-9-10-17-14(11-12)18-16(21)19-15(20)8-7-13-5-3-2-4-6-13/h2-11H,1H3,(H2,17,18,19,20,21)/b8-7+. The fourth-order valence-electron chi connectivity index (χ4n) is 1.64. The summed E-state index contributed by atoms with van der Waals surface area (Å²) < 4.78 is 0. The van der Waals surface area contributed by atoms with Crippen molar-refractivity contribution in [1.82, 2.24) is 10.3 Å². The predicted molar refractivity (Wildman–Crippen MR) is 88.8 cm³/mol.